The van der Waals surface area contributed by atoms with Crippen molar-refractivity contribution in [2.75, 3.05) is 14.2 Å². The van der Waals surface area contributed by atoms with Crippen LogP contribution in [0.3, 0.4) is 0 Å². The summed E-state index contributed by atoms with van der Waals surface area (Å²) in [7, 11) is 2.69. The lowest BCUT2D eigenvalue weighted by Crippen LogP contribution is -2.16. The maximum absolute atomic E-state index is 12.7. The largest absolute Gasteiger partial charge is 0.416 e. The van der Waals surface area contributed by atoms with Gasteiger partial charge in [0.15, 0.2) is 0 Å². The maximum Gasteiger partial charge on any atom is 0.416 e. The van der Waals surface area contributed by atoms with Crippen LogP contribution < -0.4 is 0 Å². The summed E-state index contributed by atoms with van der Waals surface area (Å²) in [6.45, 7) is 0. The Labute approximate surface area is 146 Å². The average molecular weight is 378 g/mol. The van der Waals surface area contributed by atoms with Crippen molar-refractivity contribution in [2.24, 2.45) is 0 Å². The van der Waals surface area contributed by atoms with E-state index >= 15 is 0 Å². The van der Waals surface area contributed by atoms with Gasteiger partial charge < -0.3 is 9.47 Å². The van der Waals surface area contributed by atoms with Crippen LogP contribution in [-0.4, -0.2) is 14.2 Å². The van der Waals surface area contributed by atoms with Crippen LogP contribution in [0.1, 0.15) is 34.5 Å². The zero-order valence-corrected chi connectivity index (χ0v) is 13.9. The summed E-state index contributed by atoms with van der Waals surface area (Å²) in [4.78, 5) is 0. The third-order valence-electron chi connectivity index (χ3n) is 3.92. The Hall–Kier alpha value is -2.06. The van der Waals surface area contributed by atoms with Crippen molar-refractivity contribution in [1.29, 1.82) is 0 Å². The highest BCUT2D eigenvalue weighted by Gasteiger charge is 2.33. The Bertz CT molecular complexity index is 641. The molecule has 0 aromatic heterocycles. The number of hydrogen-bond donors (Lipinski definition) is 0. The Morgan fingerprint density at radius 3 is 1.04 bits per heavy atom. The summed E-state index contributed by atoms with van der Waals surface area (Å²) in [5.41, 5.74) is -0.793. The Balaban J connectivity index is 2.31. The molecule has 0 amide bonds. The Morgan fingerprint density at radius 2 is 0.846 bits per heavy atom. The number of rotatable bonds is 5. The van der Waals surface area contributed by atoms with Gasteiger partial charge in [-0.25, -0.2) is 0 Å². The molecule has 0 spiro atoms. The minimum Gasteiger partial charge on any atom is -0.374 e. The van der Waals surface area contributed by atoms with Crippen LogP contribution in [-0.2, 0) is 21.8 Å². The summed E-state index contributed by atoms with van der Waals surface area (Å²) < 4.78 is 86.7. The van der Waals surface area contributed by atoms with E-state index in [0.717, 1.165) is 24.3 Å². The van der Waals surface area contributed by atoms with Crippen LogP contribution >= 0.6 is 0 Å². The zero-order valence-electron chi connectivity index (χ0n) is 13.9. The topological polar surface area (TPSA) is 18.5 Å². The van der Waals surface area contributed by atoms with Crippen molar-refractivity contribution >= 4 is 0 Å². The Kier molecular flexibility index (Phi) is 5.98. The lowest BCUT2D eigenvalue weighted by molar-refractivity contribution is -0.138. The van der Waals surface area contributed by atoms with E-state index in [1.165, 1.54) is 38.5 Å². The highest BCUT2D eigenvalue weighted by Crippen LogP contribution is 2.37. The second-order valence-electron chi connectivity index (χ2n) is 5.55. The molecule has 2 aromatic carbocycles. The van der Waals surface area contributed by atoms with Gasteiger partial charge in [-0.15, -0.1) is 0 Å². The number of methoxy groups -OCH3 is 2. The van der Waals surface area contributed by atoms with Crippen molar-refractivity contribution in [1.82, 2.24) is 0 Å². The van der Waals surface area contributed by atoms with Gasteiger partial charge in [0.05, 0.1) is 11.1 Å². The van der Waals surface area contributed by atoms with Crippen LogP contribution in [0.4, 0.5) is 26.3 Å². The van der Waals surface area contributed by atoms with Crippen LogP contribution in [0.25, 0.3) is 0 Å². The molecule has 2 aromatic rings. The van der Waals surface area contributed by atoms with E-state index in [4.69, 9.17) is 9.47 Å². The fraction of sp³-hybridized carbons (Fsp3) is 0.333. The number of hydrogen-bond acceptors (Lipinski definition) is 2. The SMILES string of the molecule is CO[C@@H](c1ccc(C(F)(F)F)cc1)[C@@H](OC)c1ccc(C(F)(F)F)cc1. The second kappa shape index (κ2) is 7.67. The van der Waals surface area contributed by atoms with Crippen molar-refractivity contribution in [3.63, 3.8) is 0 Å². The molecular weight excluding hydrogens is 362 g/mol. The number of benzene rings is 2. The normalized spacial score (nSPS) is 14.9. The van der Waals surface area contributed by atoms with Gasteiger partial charge in [-0.05, 0) is 35.4 Å². The summed E-state index contributed by atoms with van der Waals surface area (Å²) in [6.07, 6.45) is -10.5. The van der Waals surface area contributed by atoms with Crippen molar-refractivity contribution < 1.29 is 35.8 Å². The molecule has 2 nitrogen and oxygen atoms in total. The fourth-order valence-corrected chi connectivity index (χ4v) is 2.59. The minimum atomic E-state index is -4.46. The van der Waals surface area contributed by atoms with Crippen molar-refractivity contribution in [2.45, 2.75) is 24.6 Å². The molecule has 0 fully saturated rings. The predicted octanol–water partition coefficient (Wildman–Crippen LogP) is 5.80. The molecule has 142 valence electrons. The standard InChI is InChI=1S/C18H16F6O2/c1-25-15(11-3-7-13(8-4-11)17(19,20)21)16(26-2)12-5-9-14(10-6-12)18(22,23)24/h3-10,15-16H,1-2H3/t15-,16-/m0/s1. The fourth-order valence-electron chi connectivity index (χ4n) is 2.59. The van der Waals surface area contributed by atoms with E-state index in [1.807, 2.05) is 0 Å². The number of ether oxygens (including phenoxy) is 2. The molecule has 0 aliphatic carbocycles. The van der Waals surface area contributed by atoms with Gasteiger partial charge >= 0.3 is 12.4 Å². The van der Waals surface area contributed by atoms with Gasteiger partial charge in [0.1, 0.15) is 12.2 Å². The molecule has 0 saturated heterocycles. The van der Waals surface area contributed by atoms with E-state index in [2.05, 4.69) is 0 Å². The minimum absolute atomic E-state index is 0.409. The van der Waals surface area contributed by atoms with E-state index in [9.17, 15) is 26.3 Å². The molecule has 2 rings (SSSR count). The summed E-state index contributed by atoms with van der Waals surface area (Å²) >= 11 is 0. The van der Waals surface area contributed by atoms with Crippen LogP contribution in [0, 0.1) is 0 Å². The van der Waals surface area contributed by atoms with Gasteiger partial charge in [0.25, 0.3) is 0 Å². The van der Waals surface area contributed by atoms with E-state index < -0.39 is 35.7 Å². The van der Waals surface area contributed by atoms with E-state index in [1.54, 1.807) is 0 Å². The number of alkyl halides is 6. The quantitative estimate of drug-likeness (QED) is 0.613. The van der Waals surface area contributed by atoms with Gasteiger partial charge in [0.2, 0.25) is 0 Å². The first-order valence-corrected chi connectivity index (χ1v) is 7.48. The lowest BCUT2D eigenvalue weighted by Gasteiger charge is -2.26. The molecular formula is C18H16F6O2. The average Bonchev–Trinajstić information content (AvgIpc) is 2.58. The highest BCUT2D eigenvalue weighted by atomic mass is 19.4. The smallest absolute Gasteiger partial charge is 0.374 e. The molecule has 0 radical (unpaired) electrons. The first kappa shape index (κ1) is 20.3. The van der Waals surface area contributed by atoms with Gasteiger partial charge in [-0.3, -0.25) is 0 Å². The van der Waals surface area contributed by atoms with Crippen LogP contribution in [0.2, 0.25) is 0 Å². The molecule has 2 atom stereocenters. The lowest BCUT2D eigenvalue weighted by atomic mass is 9.96. The third kappa shape index (κ3) is 4.56. The summed E-state index contributed by atoms with van der Waals surface area (Å²) in [5.74, 6) is 0. The van der Waals surface area contributed by atoms with E-state index in [-0.39, 0.29) is 0 Å². The van der Waals surface area contributed by atoms with Gasteiger partial charge in [0, 0.05) is 14.2 Å². The van der Waals surface area contributed by atoms with Crippen molar-refractivity contribution in [3.8, 4) is 0 Å². The molecule has 0 N–H and O–H groups in total. The molecule has 26 heavy (non-hydrogen) atoms. The second-order valence-corrected chi connectivity index (χ2v) is 5.55. The number of halogens is 6. The monoisotopic (exact) mass is 378 g/mol. The molecule has 8 heteroatoms. The summed E-state index contributed by atoms with van der Waals surface area (Å²) in [5, 5.41) is 0. The highest BCUT2D eigenvalue weighted by molar-refractivity contribution is 5.31. The Morgan fingerprint density at radius 1 is 0.577 bits per heavy atom. The van der Waals surface area contributed by atoms with E-state index in [0.29, 0.717) is 11.1 Å². The molecule has 0 heterocycles. The van der Waals surface area contributed by atoms with Gasteiger partial charge in [-0.2, -0.15) is 26.3 Å². The summed E-state index contributed by atoms with van der Waals surface area (Å²) in [6, 6.07) is 8.70. The van der Waals surface area contributed by atoms with Crippen molar-refractivity contribution in [3.05, 3.63) is 70.8 Å². The molecule has 0 aliphatic heterocycles. The van der Waals surface area contributed by atoms with Crippen LogP contribution in [0.5, 0.6) is 0 Å². The zero-order chi connectivity index (χ0) is 19.5. The van der Waals surface area contributed by atoms with Gasteiger partial charge in [-0.1, -0.05) is 24.3 Å². The maximum atomic E-state index is 12.7. The first-order chi connectivity index (χ1) is 12.1. The molecule has 0 aliphatic rings. The predicted molar refractivity (Wildman–Crippen MR) is 82.4 cm³/mol. The third-order valence-corrected chi connectivity index (χ3v) is 3.92. The molecule has 0 saturated carbocycles. The van der Waals surface area contributed by atoms with Crippen LogP contribution in [0.15, 0.2) is 48.5 Å². The molecule has 0 bridgehead atoms. The first-order valence-electron chi connectivity index (χ1n) is 7.48. The molecule has 0 unspecified atom stereocenters.